The van der Waals surface area contributed by atoms with Crippen LogP contribution in [-0.4, -0.2) is 11.7 Å². The third-order valence-electron chi connectivity index (χ3n) is 8.70. The zero-order valence-electron chi connectivity index (χ0n) is 24.3. The molecule has 1 N–H and O–H groups in total. The van der Waals surface area contributed by atoms with Gasteiger partial charge in [0, 0.05) is 36.9 Å². The molecule has 0 radical (unpaired) electrons. The summed E-state index contributed by atoms with van der Waals surface area (Å²) in [6, 6.07) is 53.9. The van der Waals surface area contributed by atoms with Gasteiger partial charge in [0.2, 0.25) is 0 Å². The number of benzene rings is 7. The Morgan fingerprint density at radius 1 is 0.511 bits per heavy atom. The van der Waals surface area contributed by atoms with Crippen molar-refractivity contribution in [3.05, 3.63) is 168 Å². The number of aliphatic imine (C=N–C) groups is 2. The minimum Gasteiger partial charge on any atom is -0.344 e. The van der Waals surface area contributed by atoms with Crippen molar-refractivity contribution in [2.75, 3.05) is 0 Å². The molecule has 2 heterocycles. The minimum atomic E-state index is -0.333. The molecule has 1 aromatic heterocycles. The number of fused-ring (bicyclic) bond motifs is 6. The lowest BCUT2D eigenvalue weighted by Gasteiger charge is -2.25. The molecule has 0 aliphatic carbocycles. The summed E-state index contributed by atoms with van der Waals surface area (Å²) in [6.07, 6.45) is -0.333. The van der Waals surface area contributed by atoms with E-state index in [2.05, 4.69) is 133 Å². The molecule has 7 aromatic carbocycles. The van der Waals surface area contributed by atoms with Crippen LogP contribution in [0.2, 0.25) is 0 Å². The van der Waals surface area contributed by atoms with E-state index in [0.29, 0.717) is 0 Å². The number of amidine groups is 2. The Balaban J connectivity index is 1.32. The van der Waals surface area contributed by atoms with Crippen LogP contribution in [0.25, 0.3) is 52.8 Å². The number of nitrogens with zero attached hydrogens (tertiary/aromatic N) is 2. The van der Waals surface area contributed by atoms with Gasteiger partial charge in [-0.2, -0.15) is 0 Å². The van der Waals surface area contributed by atoms with Crippen LogP contribution in [0.15, 0.2) is 162 Å². The van der Waals surface area contributed by atoms with E-state index in [-0.39, 0.29) is 6.17 Å². The van der Waals surface area contributed by atoms with Gasteiger partial charge in [0.05, 0.1) is 0 Å². The van der Waals surface area contributed by atoms with E-state index in [1.807, 2.05) is 35.6 Å². The highest BCUT2D eigenvalue weighted by Gasteiger charge is 2.25. The van der Waals surface area contributed by atoms with Crippen molar-refractivity contribution in [2.24, 2.45) is 9.98 Å². The maximum Gasteiger partial charge on any atom is 0.159 e. The van der Waals surface area contributed by atoms with Crippen LogP contribution in [0, 0.1) is 0 Å². The Hall–Kier alpha value is -5.58. The van der Waals surface area contributed by atoms with E-state index in [1.54, 1.807) is 0 Å². The summed E-state index contributed by atoms with van der Waals surface area (Å²) in [4.78, 5) is 10.3. The highest BCUT2D eigenvalue weighted by molar-refractivity contribution is 7.25. The molecule has 9 rings (SSSR count). The molecule has 212 valence electrons. The average molecular weight is 594 g/mol. The first-order valence-electron chi connectivity index (χ1n) is 15.2. The van der Waals surface area contributed by atoms with Gasteiger partial charge in [0.1, 0.15) is 12.0 Å². The van der Waals surface area contributed by atoms with E-state index in [9.17, 15) is 0 Å². The van der Waals surface area contributed by atoms with Crippen LogP contribution in [0.5, 0.6) is 0 Å². The fourth-order valence-electron chi connectivity index (χ4n) is 6.62. The largest absolute Gasteiger partial charge is 0.344 e. The quantitative estimate of drug-likeness (QED) is 0.203. The average Bonchev–Trinajstić information content (AvgIpc) is 3.50. The topological polar surface area (TPSA) is 36.8 Å². The van der Waals surface area contributed by atoms with E-state index in [1.165, 1.54) is 52.8 Å². The monoisotopic (exact) mass is 593 g/mol. The maximum absolute atomic E-state index is 5.30. The first-order valence-corrected chi connectivity index (χ1v) is 16.0. The second-order valence-corrected chi connectivity index (χ2v) is 12.5. The SMILES string of the molecule is c1ccc(C2=NC(c3cc(-c4cc5ccccc5c5ccccc45)cc4sc5ccccc5c34)NC(c3ccccc3)=N2)cc1. The van der Waals surface area contributed by atoms with Gasteiger partial charge in [-0.15, -0.1) is 11.3 Å². The molecule has 0 amide bonds. The fourth-order valence-corrected chi connectivity index (χ4v) is 7.80. The van der Waals surface area contributed by atoms with Crippen LogP contribution in [0.3, 0.4) is 0 Å². The zero-order chi connectivity index (χ0) is 29.7. The zero-order valence-corrected chi connectivity index (χ0v) is 25.1. The predicted octanol–water partition coefficient (Wildman–Crippen LogP) is 10.5. The van der Waals surface area contributed by atoms with Crippen LogP contribution < -0.4 is 5.32 Å². The molecule has 1 aliphatic rings. The van der Waals surface area contributed by atoms with Gasteiger partial charge in [-0.25, -0.2) is 9.98 Å². The predicted molar refractivity (Wildman–Crippen MR) is 192 cm³/mol. The van der Waals surface area contributed by atoms with E-state index < -0.39 is 0 Å². The molecule has 1 unspecified atom stereocenters. The standard InChI is InChI=1S/C41H27N3S/c1-3-13-26(14-4-1)39-42-40(27-15-5-2-6-16-27)44-41(43-39)35-24-29(25-37-38(35)33-21-11-12-22-36(33)45-37)34-23-28-17-7-8-18-30(28)31-19-9-10-20-32(31)34/h1-25,41H,(H,42,43,44). The first kappa shape index (κ1) is 25.9. The number of thiophene rings is 1. The summed E-state index contributed by atoms with van der Waals surface area (Å²) in [5, 5.41) is 11.3. The van der Waals surface area contributed by atoms with Crippen LogP contribution >= 0.6 is 11.3 Å². The van der Waals surface area contributed by atoms with Crippen LogP contribution in [0.4, 0.5) is 0 Å². The number of hydrogen-bond donors (Lipinski definition) is 1. The molecular weight excluding hydrogens is 567 g/mol. The second-order valence-electron chi connectivity index (χ2n) is 11.4. The van der Waals surface area contributed by atoms with Gasteiger partial charge in [-0.05, 0) is 56.9 Å². The highest BCUT2D eigenvalue weighted by Crippen LogP contribution is 2.43. The van der Waals surface area contributed by atoms with Crippen molar-refractivity contribution in [2.45, 2.75) is 6.17 Å². The lowest BCUT2D eigenvalue weighted by atomic mass is 9.91. The molecular formula is C41H27N3S. The molecule has 4 heteroatoms. The minimum absolute atomic E-state index is 0.333. The molecule has 8 aromatic rings. The van der Waals surface area contributed by atoms with Crippen molar-refractivity contribution in [1.82, 2.24) is 5.32 Å². The maximum atomic E-state index is 5.30. The number of hydrogen-bond acceptors (Lipinski definition) is 4. The lowest BCUT2D eigenvalue weighted by molar-refractivity contribution is 0.680. The second kappa shape index (κ2) is 10.5. The van der Waals surface area contributed by atoms with Gasteiger partial charge in [-0.1, -0.05) is 127 Å². The normalized spacial score (nSPS) is 14.9. The fraction of sp³-hybridized carbons (Fsp3) is 0.0244. The van der Waals surface area contributed by atoms with Crippen LogP contribution in [0.1, 0.15) is 22.9 Å². The summed E-state index contributed by atoms with van der Waals surface area (Å²) >= 11 is 1.85. The summed E-state index contributed by atoms with van der Waals surface area (Å²) in [5.74, 6) is 1.55. The van der Waals surface area contributed by atoms with Crippen molar-refractivity contribution < 1.29 is 0 Å². The van der Waals surface area contributed by atoms with Gasteiger partial charge in [-0.3, -0.25) is 0 Å². The molecule has 1 aliphatic heterocycles. The Kier molecular flexibility index (Phi) is 6.06. The van der Waals surface area contributed by atoms with E-state index in [4.69, 9.17) is 9.98 Å². The van der Waals surface area contributed by atoms with Crippen LogP contribution in [-0.2, 0) is 0 Å². The summed E-state index contributed by atoms with van der Waals surface area (Å²) in [6.45, 7) is 0. The van der Waals surface area contributed by atoms with E-state index >= 15 is 0 Å². The van der Waals surface area contributed by atoms with Crippen molar-refractivity contribution >= 4 is 64.7 Å². The highest BCUT2D eigenvalue weighted by atomic mass is 32.1. The molecule has 0 bridgehead atoms. The Bertz CT molecular complexity index is 2460. The molecule has 3 nitrogen and oxygen atoms in total. The summed E-state index contributed by atoms with van der Waals surface area (Å²) in [7, 11) is 0. The van der Waals surface area contributed by atoms with Gasteiger partial charge in [0.15, 0.2) is 5.84 Å². The number of rotatable bonds is 4. The smallest absolute Gasteiger partial charge is 0.159 e. The van der Waals surface area contributed by atoms with Gasteiger partial charge in [0.25, 0.3) is 0 Å². The first-order chi connectivity index (χ1) is 22.3. The summed E-state index contributed by atoms with van der Waals surface area (Å²) < 4.78 is 2.53. The third kappa shape index (κ3) is 4.42. The Labute approximate surface area is 264 Å². The third-order valence-corrected chi connectivity index (χ3v) is 9.82. The molecule has 1 atom stereocenters. The van der Waals surface area contributed by atoms with Gasteiger partial charge >= 0.3 is 0 Å². The van der Waals surface area contributed by atoms with Crippen molar-refractivity contribution in [3.8, 4) is 11.1 Å². The lowest BCUT2D eigenvalue weighted by Crippen LogP contribution is -2.33. The molecule has 45 heavy (non-hydrogen) atoms. The Morgan fingerprint density at radius 2 is 1.16 bits per heavy atom. The van der Waals surface area contributed by atoms with Crippen molar-refractivity contribution in [3.63, 3.8) is 0 Å². The molecule has 0 fully saturated rings. The Morgan fingerprint density at radius 3 is 1.96 bits per heavy atom. The molecule has 0 saturated heterocycles. The summed E-state index contributed by atoms with van der Waals surface area (Å²) in [5.41, 5.74) is 5.60. The number of nitrogens with one attached hydrogen (secondary N) is 1. The van der Waals surface area contributed by atoms with Gasteiger partial charge < -0.3 is 5.32 Å². The van der Waals surface area contributed by atoms with Crippen molar-refractivity contribution in [1.29, 1.82) is 0 Å². The van der Waals surface area contributed by atoms with E-state index in [0.717, 1.165) is 28.4 Å². The molecule has 0 saturated carbocycles. The molecule has 0 spiro atoms.